The first kappa shape index (κ1) is 11.0. The van der Waals surface area contributed by atoms with Crippen molar-refractivity contribution in [2.75, 3.05) is 20.6 Å². The van der Waals surface area contributed by atoms with Gasteiger partial charge < -0.3 is 4.90 Å². The van der Waals surface area contributed by atoms with Crippen molar-refractivity contribution >= 4 is 5.91 Å². The van der Waals surface area contributed by atoms with Crippen LogP contribution in [0.15, 0.2) is 0 Å². The van der Waals surface area contributed by atoms with Crippen molar-refractivity contribution in [2.24, 2.45) is 0 Å². The van der Waals surface area contributed by atoms with Crippen LogP contribution >= 0.6 is 0 Å². The Labute approximate surface area is 74.1 Å². The zero-order valence-corrected chi connectivity index (χ0v) is 8.14. The van der Waals surface area contributed by atoms with E-state index in [1.54, 1.807) is 14.1 Å². The third-order valence-electron chi connectivity index (χ3n) is 1.54. The van der Waals surface area contributed by atoms with Crippen molar-refractivity contribution in [3.05, 3.63) is 0 Å². The number of rotatable bonds is 3. The second-order valence-electron chi connectivity index (χ2n) is 3.41. The van der Waals surface area contributed by atoms with Crippen molar-refractivity contribution in [3.8, 4) is 12.3 Å². The molecule has 68 valence electrons. The lowest BCUT2D eigenvalue weighted by Crippen LogP contribution is -2.43. The lowest BCUT2D eigenvalue weighted by atomic mass is 10.1. The molecule has 0 unspecified atom stereocenters. The van der Waals surface area contributed by atoms with E-state index >= 15 is 0 Å². The maximum Gasteiger partial charge on any atom is 0.236 e. The van der Waals surface area contributed by atoms with Crippen molar-refractivity contribution < 1.29 is 4.79 Å². The number of hydrogen-bond acceptors (Lipinski definition) is 2. The second-order valence-corrected chi connectivity index (χ2v) is 3.41. The summed E-state index contributed by atoms with van der Waals surface area (Å²) < 4.78 is 0. The van der Waals surface area contributed by atoms with Crippen LogP contribution in [0.1, 0.15) is 13.8 Å². The Morgan fingerprint density at radius 1 is 1.58 bits per heavy atom. The Morgan fingerprint density at radius 2 is 2.08 bits per heavy atom. The van der Waals surface area contributed by atoms with Crippen LogP contribution in [0.4, 0.5) is 0 Å². The maximum atomic E-state index is 11.1. The SMILES string of the molecule is C#CC(C)(C)NCC(=O)N(C)C. The molecule has 1 amide bonds. The standard InChI is InChI=1S/C9H16N2O/c1-6-9(2,3)10-7-8(12)11(4)5/h1,10H,7H2,2-5H3. The van der Waals surface area contributed by atoms with E-state index in [0.717, 1.165) is 0 Å². The van der Waals surface area contributed by atoms with Crippen molar-refractivity contribution in [2.45, 2.75) is 19.4 Å². The number of likely N-dealkylation sites (N-methyl/N-ethyl adjacent to an activating group) is 1. The Balaban J connectivity index is 3.86. The van der Waals surface area contributed by atoms with Gasteiger partial charge in [-0.3, -0.25) is 10.1 Å². The van der Waals surface area contributed by atoms with Crippen molar-refractivity contribution in [1.29, 1.82) is 0 Å². The summed E-state index contributed by atoms with van der Waals surface area (Å²) in [4.78, 5) is 12.6. The van der Waals surface area contributed by atoms with Crippen LogP contribution in [0.25, 0.3) is 0 Å². The Bertz CT molecular complexity index is 201. The molecule has 0 aliphatic carbocycles. The van der Waals surface area contributed by atoms with E-state index in [1.807, 2.05) is 13.8 Å². The lowest BCUT2D eigenvalue weighted by Gasteiger charge is -2.20. The first-order chi connectivity index (χ1) is 5.39. The van der Waals surface area contributed by atoms with E-state index in [4.69, 9.17) is 6.42 Å². The summed E-state index contributed by atoms with van der Waals surface area (Å²) in [6.07, 6.45) is 5.23. The molecule has 1 N–H and O–H groups in total. The third-order valence-corrected chi connectivity index (χ3v) is 1.54. The number of amides is 1. The number of terminal acetylenes is 1. The molecule has 0 aromatic rings. The normalized spacial score (nSPS) is 10.6. The Morgan fingerprint density at radius 3 is 2.42 bits per heavy atom. The Kier molecular flexibility index (Phi) is 3.78. The van der Waals surface area contributed by atoms with Gasteiger partial charge in [0.1, 0.15) is 0 Å². The minimum atomic E-state index is -0.411. The van der Waals surface area contributed by atoms with Gasteiger partial charge in [0.15, 0.2) is 0 Å². The minimum Gasteiger partial charge on any atom is -0.348 e. The summed E-state index contributed by atoms with van der Waals surface area (Å²) in [6, 6.07) is 0. The van der Waals surface area contributed by atoms with Gasteiger partial charge in [-0.15, -0.1) is 6.42 Å². The first-order valence-electron chi connectivity index (χ1n) is 3.82. The predicted octanol–water partition coefficient (Wildman–Crippen LogP) is 0.0760. The average molecular weight is 168 g/mol. The topological polar surface area (TPSA) is 32.3 Å². The van der Waals surface area contributed by atoms with E-state index in [1.165, 1.54) is 4.90 Å². The summed E-state index contributed by atoms with van der Waals surface area (Å²) in [5, 5.41) is 2.96. The van der Waals surface area contributed by atoms with Crippen LogP contribution in [0.5, 0.6) is 0 Å². The van der Waals surface area contributed by atoms with Gasteiger partial charge in [-0.1, -0.05) is 5.92 Å². The molecule has 0 aliphatic rings. The van der Waals surface area contributed by atoms with Gasteiger partial charge in [-0.05, 0) is 13.8 Å². The summed E-state index contributed by atoms with van der Waals surface area (Å²) in [5.74, 6) is 2.58. The van der Waals surface area contributed by atoms with E-state index in [2.05, 4.69) is 11.2 Å². The van der Waals surface area contributed by atoms with Crippen LogP contribution in [0.3, 0.4) is 0 Å². The van der Waals surface area contributed by atoms with E-state index < -0.39 is 5.54 Å². The summed E-state index contributed by atoms with van der Waals surface area (Å²) in [6.45, 7) is 4.00. The van der Waals surface area contributed by atoms with E-state index in [0.29, 0.717) is 0 Å². The number of nitrogens with one attached hydrogen (secondary N) is 1. The fourth-order valence-corrected chi connectivity index (χ4v) is 0.506. The van der Waals surface area contributed by atoms with E-state index in [9.17, 15) is 4.79 Å². The van der Waals surface area contributed by atoms with Crippen LogP contribution in [0.2, 0.25) is 0 Å². The van der Waals surface area contributed by atoms with Crippen molar-refractivity contribution in [1.82, 2.24) is 10.2 Å². The van der Waals surface area contributed by atoms with Gasteiger partial charge in [-0.25, -0.2) is 0 Å². The molecule has 0 rings (SSSR count). The van der Waals surface area contributed by atoms with Crippen LogP contribution in [-0.2, 0) is 4.79 Å². The molecule has 3 heteroatoms. The van der Waals surface area contributed by atoms with Gasteiger partial charge in [0.2, 0.25) is 5.91 Å². The second kappa shape index (κ2) is 4.13. The lowest BCUT2D eigenvalue weighted by molar-refractivity contribution is -0.127. The molecule has 0 aromatic carbocycles. The zero-order valence-electron chi connectivity index (χ0n) is 8.14. The molecule has 0 saturated carbocycles. The minimum absolute atomic E-state index is 0.0262. The summed E-state index contributed by atoms with van der Waals surface area (Å²) in [7, 11) is 3.43. The molecule has 0 radical (unpaired) electrons. The smallest absolute Gasteiger partial charge is 0.236 e. The number of carbonyl (C=O) groups is 1. The highest BCUT2D eigenvalue weighted by Crippen LogP contribution is 1.97. The van der Waals surface area contributed by atoms with E-state index in [-0.39, 0.29) is 12.5 Å². The molecule has 0 saturated heterocycles. The molecule has 0 fully saturated rings. The maximum absolute atomic E-state index is 11.1. The first-order valence-corrected chi connectivity index (χ1v) is 3.82. The van der Waals surface area contributed by atoms with Crippen LogP contribution < -0.4 is 5.32 Å². The zero-order chi connectivity index (χ0) is 9.78. The van der Waals surface area contributed by atoms with Crippen LogP contribution in [0, 0.1) is 12.3 Å². The largest absolute Gasteiger partial charge is 0.348 e. The summed E-state index contributed by atoms with van der Waals surface area (Å²) >= 11 is 0. The molecule has 0 spiro atoms. The summed E-state index contributed by atoms with van der Waals surface area (Å²) in [5.41, 5.74) is -0.411. The van der Waals surface area contributed by atoms with Gasteiger partial charge in [0, 0.05) is 14.1 Å². The highest BCUT2D eigenvalue weighted by Gasteiger charge is 2.14. The van der Waals surface area contributed by atoms with Gasteiger partial charge >= 0.3 is 0 Å². The molecule has 0 aromatic heterocycles. The molecule has 12 heavy (non-hydrogen) atoms. The quantitative estimate of drug-likeness (QED) is 0.605. The fourth-order valence-electron chi connectivity index (χ4n) is 0.506. The monoisotopic (exact) mass is 168 g/mol. The molecule has 0 atom stereocenters. The van der Waals surface area contributed by atoms with Gasteiger partial charge in [0.25, 0.3) is 0 Å². The number of nitrogens with zero attached hydrogens (tertiary/aromatic N) is 1. The average Bonchev–Trinajstić information content (AvgIpc) is 2.00. The molecule has 0 aliphatic heterocycles. The molecule has 0 heterocycles. The number of carbonyl (C=O) groups excluding carboxylic acids is 1. The fraction of sp³-hybridized carbons (Fsp3) is 0.667. The molecular weight excluding hydrogens is 152 g/mol. The molecule has 0 bridgehead atoms. The van der Waals surface area contributed by atoms with Gasteiger partial charge in [-0.2, -0.15) is 0 Å². The predicted molar refractivity (Wildman–Crippen MR) is 49.6 cm³/mol. The highest BCUT2D eigenvalue weighted by molar-refractivity contribution is 5.77. The number of hydrogen-bond donors (Lipinski definition) is 1. The van der Waals surface area contributed by atoms with Crippen LogP contribution in [-0.4, -0.2) is 37.0 Å². The van der Waals surface area contributed by atoms with Crippen molar-refractivity contribution in [3.63, 3.8) is 0 Å². The third kappa shape index (κ3) is 3.99. The molecular formula is C9H16N2O. The molecule has 3 nitrogen and oxygen atoms in total. The Hall–Kier alpha value is -1.01. The van der Waals surface area contributed by atoms with Gasteiger partial charge in [0.05, 0.1) is 12.1 Å². The highest BCUT2D eigenvalue weighted by atomic mass is 16.2.